The van der Waals surface area contributed by atoms with Crippen molar-refractivity contribution in [3.8, 4) is 0 Å². The zero-order chi connectivity index (χ0) is 13.8. The third kappa shape index (κ3) is 4.64. The molecule has 1 aromatic rings. The second kappa shape index (κ2) is 6.17. The molecule has 5 nitrogen and oxygen atoms in total. The van der Waals surface area contributed by atoms with Crippen LogP contribution in [0.5, 0.6) is 0 Å². The summed E-state index contributed by atoms with van der Waals surface area (Å²) in [6.07, 6.45) is 0.0871. The number of anilines is 1. The summed E-state index contributed by atoms with van der Waals surface area (Å²) >= 11 is 0. The maximum absolute atomic E-state index is 12.0. The van der Waals surface area contributed by atoms with Crippen molar-refractivity contribution < 1.29 is 13.2 Å². The van der Waals surface area contributed by atoms with Gasteiger partial charge in [-0.25, -0.2) is 13.1 Å². The van der Waals surface area contributed by atoms with Crippen molar-refractivity contribution in [3.05, 3.63) is 23.8 Å². The molecular weight excluding hydrogens is 252 g/mol. The highest BCUT2D eigenvalue weighted by molar-refractivity contribution is 7.89. The number of nitrogen functional groups attached to an aromatic ring is 1. The SMILES string of the molecule is Cc1cc(N)cc(S(=O)(=O)NCCOC(C)C)c1. The molecular formula is C12H20N2O3S. The Morgan fingerprint density at radius 2 is 2.00 bits per heavy atom. The van der Waals surface area contributed by atoms with Crippen molar-refractivity contribution in [2.75, 3.05) is 18.9 Å². The van der Waals surface area contributed by atoms with Crippen LogP contribution >= 0.6 is 0 Å². The van der Waals surface area contributed by atoms with Crippen LogP contribution < -0.4 is 10.5 Å². The van der Waals surface area contributed by atoms with E-state index in [4.69, 9.17) is 10.5 Å². The molecule has 0 saturated carbocycles. The molecule has 0 atom stereocenters. The first-order valence-electron chi connectivity index (χ1n) is 5.79. The molecule has 3 N–H and O–H groups in total. The molecule has 0 aliphatic rings. The van der Waals surface area contributed by atoms with E-state index in [-0.39, 0.29) is 17.5 Å². The molecule has 0 heterocycles. The molecule has 1 aromatic carbocycles. The summed E-state index contributed by atoms with van der Waals surface area (Å²) in [5.74, 6) is 0. The first kappa shape index (κ1) is 14.9. The van der Waals surface area contributed by atoms with Gasteiger partial charge in [-0.15, -0.1) is 0 Å². The van der Waals surface area contributed by atoms with Crippen LogP contribution in [0.1, 0.15) is 19.4 Å². The minimum atomic E-state index is -3.51. The molecule has 102 valence electrons. The van der Waals surface area contributed by atoms with Gasteiger partial charge in [0, 0.05) is 12.2 Å². The fourth-order valence-electron chi connectivity index (χ4n) is 1.49. The van der Waals surface area contributed by atoms with E-state index in [1.54, 1.807) is 19.1 Å². The van der Waals surface area contributed by atoms with Gasteiger partial charge in [0.25, 0.3) is 0 Å². The smallest absolute Gasteiger partial charge is 0.240 e. The van der Waals surface area contributed by atoms with E-state index >= 15 is 0 Å². The number of hydrogen-bond acceptors (Lipinski definition) is 4. The van der Waals surface area contributed by atoms with Crippen LogP contribution in [0.25, 0.3) is 0 Å². The number of rotatable bonds is 6. The predicted octanol–water partition coefficient (Wildman–Crippen LogP) is 1.28. The van der Waals surface area contributed by atoms with Crippen LogP contribution in [0, 0.1) is 6.92 Å². The minimum absolute atomic E-state index is 0.0871. The van der Waals surface area contributed by atoms with E-state index in [1.165, 1.54) is 6.07 Å². The molecule has 0 bridgehead atoms. The first-order chi connectivity index (χ1) is 8.31. The summed E-state index contributed by atoms with van der Waals surface area (Å²) in [5, 5.41) is 0. The molecule has 0 radical (unpaired) electrons. The fourth-order valence-corrected chi connectivity index (χ4v) is 2.64. The molecule has 0 aliphatic carbocycles. The minimum Gasteiger partial charge on any atom is -0.399 e. The van der Waals surface area contributed by atoms with Gasteiger partial charge < -0.3 is 10.5 Å². The van der Waals surface area contributed by atoms with Crippen LogP contribution in [-0.2, 0) is 14.8 Å². The molecule has 0 aromatic heterocycles. The van der Waals surface area contributed by atoms with Crippen molar-refractivity contribution in [1.82, 2.24) is 4.72 Å². The van der Waals surface area contributed by atoms with E-state index in [9.17, 15) is 8.42 Å². The van der Waals surface area contributed by atoms with E-state index < -0.39 is 10.0 Å². The van der Waals surface area contributed by atoms with E-state index in [1.807, 2.05) is 13.8 Å². The summed E-state index contributed by atoms with van der Waals surface area (Å²) in [7, 11) is -3.51. The molecule has 18 heavy (non-hydrogen) atoms. The molecule has 0 amide bonds. The Balaban J connectivity index is 2.68. The predicted molar refractivity (Wildman–Crippen MR) is 71.9 cm³/mol. The van der Waals surface area contributed by atoms with E-state index in [0.717, 1.165) is 5.56 Å². The number of aryl methyl sites for hydroxylation is 1. The molecule has 0 fully saturated rings. The second-order valence-corrected chi connectivity index (χ2v) is 6.16. The van der Waals surface area contributed by atoms with Crippen molar-refractivity contribution in [1.29, 1.82) is 0 Å². The molecule has 0 spiro atoms. The highest BCUT2D eigenvalue weighted by atomic mass is 32.2. The van der Waals surface area contributed by atoms with Crippen LogP contribution in [0.2, 0.25) is 0 Å². The van der Waals surface area contributed by atoms with Crippen molar-refractivity contribution in [2.45, 2.75) is 31.8 Å². The van der Waals surface area contributed by atoms with Gasteiger partial charge in [-0.1, -0.05) is 0 Å². The maximum atomic E-state index is 12.0. The summed E-state index contributed by atoms with van der Waals surface area (Å²) in [4.78, 5) is 0.185. The van der Waals surface area contributed by atoms with Gasteiger partial charge in [-0.3, -0.25) is 0 Å². The van der Waals surface area contributed by atoms with Crippen LogP contribution in [-0.4, -0.2) is 27.7 Å². The monoisotopic (exact) mass is 272 g/mol. The number of sulfonamides is 1. The van der Waals surface area contributed by atoms with Gasteiger partial charge in [0.05, 0.1) is 17.6 Å². The summed E-state index contributed by atoms with van der Waals surface area (Å²) in [6.45, 7) is 6.19. The van der Waals surface area contributed by atoms with E-state index in [0.29, 0.717) is 12.3 Å². The largest absolute Gasteiger partial charge is 0.399 e. The average molecular weight is 272 g/mol. The third-order valence-electron chi connectivity index (χ3n) is 2.23. The first-order valence-corrected chi connectivity index (χ1v) is 7.28. The van der Waals surface area contributed by atoms with Gasteiger partial charge in [0.2, 0.25) is 10.0 Å². The zero-order valence-electron chi connectivity index (χ0n) is 10.9. The summed E-state index contributed by atoms with van der Waals surface area (Å²) in [6, 6.07) is 4.75. The van der Waals surface area contributed by atoms with Crippen molar-refractivity contribution in [2.24, 2.45) is 0 Å². The highest BCUT2D eigenvalue weighted by Gasteiger charge is 2.14. The number of nitrogens with one attached hydrogen (secondary N) is 1. The molecule has 6 heteroatoms. The maximum Gasteiger partial charge on any atom is 0.240 e. The Morgan fingerprint density at radius 3 is 2.56 bits per heavy atom. The second-order valence-electron chi connectivity index (χ2n) is 4.40. The Kier molecular flexibility index (Phi) is 5.13. The quantitative estimate of drug-likeness (QED) is 0.604. The standard InChI is InChI=1S/C12H20N2O3S/c1-9(2)17-5-4-14-18(15,16)12-7-10(3)6-11(13)8-12/h6-9,14H,4-5,13H2,1-3H3. The number of hydrogen-bond donors (Lipinski definition) is 2. The fraction of sp³-hybridized carbons (Fsp3) is 0.500. The molecule has 0 saturated heterocycles. The Morgan fingerprint density at radius 1 is 1.33 bits per heavy atom. The van der Waals surface area contributed by atoms with Crippen molar-refractivity contribution in [3.63, 3.8) is 0 Å². The normalized spacial score (nSPS) is 12.0. The molecule has 0 unspecified atom stereocenters. The number of ether oxygens (including phenoxy) is 1. The number of nitrogens with two attached hydrogens (primary N) is 1. The Bertz CT molecular complexity index is 478. The topological polar surface area (TPSA) is 81.4 Å². The van der Waals surface area contributed by atoms with Crippen molar-refractivity contribution >= 4 is 15.7 Å². The summed E-state index contributed by atoms with van der Waals surface area (Å²) < 4.78 is 31.7. The number of benzene rings is 1. The van der Waals surface area contributed by atoms with Gasteiger partial charge in [0.15, 0.2) is 0 Å². The van der Waals surface area contributed by atoms with E-state index in [2.05, 4.69) is 4.72 Å². The van der Waals surface area contributed by atoms with Crippen LogP contribution in [0.4, 0.5) is 5.69 Å². The van der Waals surface area contributed by atoms with Gasteiger partial charge in [-0.2, -0.15) is 0 Å². The Hall–Kier alpha value is -1.11. The highest BCUT2D eigenvalue weighted by Crippen LogP contribution is 2.15. The van der Waals surface area contributed by atoms with Crippen LogP contribution in [0.15, 0.2) is 23.1 Å². The summed E-state index contributed by atoms with van der Waals surface area (Å²) in [5.41, 5.74) is 6.89. The third-order valence-corrected chi connectivity index (χ3v) is 3.67. The lowest BCUT2D eigenvalue weighted by atomic mass is 10.2. The lowest BCUT2D eigenvalue weighted by molar-refractivity contribution is 0.0834. The van der Waals surface area contributed by atoms with Gasteiger partial charge in [0.1, 0.15) is 0 Å². The van der Waals surface area contributed by atoms with Gasteiger partial charge >= 0.3 is 0 Å². The molecule has 0 aliphatic heterocycles. The molecule has 1 rings (SSSR count). The lowest BCUT2D eigenvalue weighted by Gasteiger charge is -2.10. The van der Waals surface area contributed by atoms with Gasteiger partial charge in [-0.05, 0) is 44.5 Å². The zero-order valence-corrected chi connectivity index (χ0v) is 11.8. The lowest BCUT2D eigenvalue weighted by Crippen LogP contribution is -2.28. The average Bonchev–Trinajstić information content (AvgIpc) is 2.23. The van der Waals surface area contributed by atoms with Crippen LogP contribution in [0.3, 0.4) is 0 Å². The Labute approximate surface area is 108 Å².